The molecule has 8 rings (SSSR count). The first-order valence-corrected chi connectivity index (χ1v) is 19.6. The lowest BCUT2D eigenvalue weighted by Gasteiger charge is -2.57. The van der Waals surface area contributed by atoms with Crippen molar-refractivity contribution in [1.29, 1.82) is 0 Å². The molecule has 4 heteroatoms. The molecule has 0 aromatic carbocycles. The maximum Gasteiger partial charge on any atom is 0.00476 e. The number of piperidine rings is 3. The lowest BCUT2D eigenvalue weighted by atomic mass is 9.58. The van der Waals surface area contributed by atoms with E-state index in [0.29, 0.717) is 0 Å². The number of likely N-dealkylation sites (tertiary alicyclic amines) is 4. The Hall–Kier alpha value is -0.160. The van der Waals surface area contributed by atoms with E-state index < -0.39 is 0 Å². The van der Waals surface area contributed by atoms with E-state index in [4.69, 9.17) is 0 Å². The van der Waals surface area contributed by atoms with Crippen LogP contribution in [0.3, 0.4) is 0 Å². The van der Waals surface area contributed by atoms with Gasteiger partial charge in [0.05, 0.1) is 0 Å². The van der Waals surface area contributed by atoms with Gasteiger partial charge >= 0.3 is 0 Å². The summed E-state index contributed by atoms with van der Waals surface area (Å²) >= 11 is 0. The molecule has 0 aromatic heterocycles. The third kappa shape index (κ3) is 9.04. The van der Waals surface area contributed by atoms with Gasteiger partial charge in [-0.15, -0.1) is 0 Å². The molecule has 8 fully saturated rings. The smallest absolute Gasteiger partial charge is 0.00476 e. The zero-order chi connectivity index (χ0) is 31.6. The standard InChI is InChI=1S/C12H23N.2C10H19N.C8H15N/c1-11-3-5-12(6-4-11)7-9-13(2)10-8-12;2*1-9-7-10(8-9)3-5-11(2)6-4-10;1-7-3-8(4-7)5-9(2)6-8/h11H,3-10H2,1-2H3;2*9H,3-8H2,1-2H3;7H,3-6H2,1-2H3. The van der Waals surface area contributed by atoms with Crippen molar-refractivity contribution in [3.05, 3.63) is 0 Å². The van der Waals surface area contributed by atoms with Crippen LogP contribution in [0.5, 0.6) is 0 Å². The molecular formula is C40H76N4. The van der Waals surface area contributed by atoms with Crippen LogP contribution in [0.2, 0.25) is 0 Å². The molecule has 0 bridgehead atoms. The minimum Gasteiger partial charge on any atom is -0.306 e. The van der Waals surface area contributed by atoms with Crippen molar-refractivity contribution in [3.8, 4) is 0 Å². The van der Waals surface area contributed by atoms with Crippen molar-refractivity contribution in [3.63, 3.8) is 0 Å². The molecule has 4 aliphatic heterocycles. The van der Waals surface area contributed by atoms with Crippen molar-refractivity contribution >= 4 is 0 Å². The summed E-state index contributed by atoms with van der Waals surface area (Å²) in [4.78, 5) is 9.84. The fraction of sp³-hybridized carbons (Fsp3) is 1.00. The van der Waals surface area contributed by atoms with Gasteiger partial charge in [0.1, 0.15) is 0 Å². The molecule has 4 spiro atoms. The third-order valence-corrected chi connectivity index (χ3v) is 14.4. The second kappa shape index (κ2) is 14.5. The Kier molecular flexibility index (Phi) is 11.6. The highest BCUT2D eigenvalue weighted by atomic mass is 15.2. The molecule has 8 aliphatic rings. The third-order valence-electron chi connectivity index (χ3n) is 14.4. The largest absolute Gasteiger partial charge is 0.306 e. The minimum absolute atomic E-state index is 0.777. The normalized spacial score (nSPS) is 35.9. The molecule has 0 N–H and O–H groups in total. The van der Waals surface area contributed by atoms with Crippen molar-refractivity contribution in [2.75, 3.05) is 80.5 Å². The Balaban J connectivity index is 0.000000117. The maximum atomic E-state index is 2.49. The van der Waals surface area contributed by atoms with Crippen molar-refractivity contribution in [1.82, 2.24) is 19.6 Å². The van der Waals surface area contributed by atoms with Gasteiger partial charge in [-0.1, -0.05) is 40.5 Å². The van der Waals surface area contributed by atoms with Gasteiger partial charge < -0.3 is 19.6 Å². The Morgan fingerprint density at radius 3 is 0.932 bits per heavy atom. The van der Waals surface area contributed by atoms with Crippen LogP contribution in [0, 0.1) is 45.3 Å². The first-order valence-electron chi connectivity index (χ1n) is 19.6. The predicted molar refractivity (Wildman–Crippen MR) is 190 cm³/mol. The van der Waals surface area contributed by atoms with Crippen LogP contribution in [-0.2, 0) is 0 Å². The van der Waals surface area contributed by atoms with Crippen LogP contribution in [0.1, 0.15) is 130 Å². The monoisotopic (exact) mass is 613 g/mol. The van der Waals surface area contributed by atoms with Gasteiger partial charge in [0.15, 0.2) is 0 Å². The van der Waals surface area contributed by atoms with Crippen LogP contribution in [0.15, 0.2) is 0 Å². The highest BCUT2D eigenvalue weighted by molar-refractivity contribution is 5.02. The predicted octanol–water partition coefficient (Wildman–Crippen LogP) is 8.51. The van der Waals surface area contributed by atoms with E-state index in [-0.39, 0.29) is 0 Å². The molecule has 4 saturated heterocycles. The van der Waals surface area contributed by atoms with Crippen LogP contribution < -0.4 is 0 Å². The van der Waals surface area contributed by atoms with Gasteiger partial charge in [-0.25, -0.2) is 0 Å². The quantitative estimate of drug-likeness (QED) is 0.272. The van der Waals surface area contributed by atoms with E-state index in [2.05, 4.69) is 75.5 Å². The van der Waals surface area contributed by atoms with Gasteiger partial charge in [-0.2, -0.15) is 0 Å². The summed E-state index contributed by atoms with van der Waals surface area (Å²) in [6.45, 7) is 20.4. The minimum atomic E-state index is 0.777. The molecule has 0 aromatic rings. The fourth-order valence-electron chi connectivity index (χ4n) is 11.6. The topological polar surface area (TPSA) is 13.0 Å². The zero-order valence-electron chi connectivity index (χ0n) is 31.1. The summed E-state index contributed by atoms with van der Waals surface area (Å²) < 4.78 is 0. The van der Waals surface area contributed by atoms with E-state index in [1.165, 1.54) is 155 Å². The number of hydrogen-bond acceptors (Lipinski definition) is 4. The average molecular weight is 613 g/mol. The number of hydrogen-bond donors (Lipinski definition) is 0. The molecule has 4 nitrogen and oxygen atoms in total. The van der Waals surface area contributed by atoms with Gasteiger partial charge in [-0.3, -0.25) is 0 Å². The highest BCUT2D eigenvalue weighted by Crippen LogP contribution is 2.53. The zero-order valence-corrected chi connectivity index (χ0v) is 31.1. The summed E-state index contributed by atoms with van der Waals surface area (Å²) in [5.74, 6) is 4.08. The second-order valence-corrected chi connectivity index (χ2v) is 19.3. The molecule has 44 heavy (non-hydrogen) atoms. The molecule has 256 valence electrons. The molecule has 0 unspecified atom stereocenters. The molecule has 4 saturated carbocycles. The van der Waals surface area contributed by atoms with E-state index in [9.17, 15) is 0 Å². The molecular weight excluding hydrogens is 536 g/mol. The first-order chi connectivity index (χ1) is 20.8. The van der Waals surface area contributed by atoms with Crippen LogP contribution in [0.25, 0.3) is 0 Å². The van der Waals surface area contributed by atoms with E-state index in [0.717, 1.165) is 45.3 Å². The van der Waals surface area contributed by atoms with Gasteiger partial charge in [0.25, 0.3) is 0 Å². The van der Waals surface area contributed by atoms with E-state index in [1.54, 1.807) is 0 Å². The molecule has 0 amide bonds. The van der Waals surface area contributed by atoms with E-state index >= 15 is 0 Å². The van der Waals surface area contributed by atoms with Gasteiger partial charge in [-0.05, 0) is 203 Å². The van der Waals surface area contributed by atoms with Crippen molar-refractivity contribution < 1.29 is 0 Å². The van der Waals surface area contributed by atoms with E-state index in [1.807, 2.05) is 0 Å². The Bertz CT molecular complexity index is 761. The molecule has 0 radical (unpaired) electrons. The maximum absolute atomic E-state index is 2.49. The molecule has 0 atom stereocenters. The van der Waals surface area contributed by atoms with Crippen LogP contribution in [0.4, 0.5) is 0 Å². The summed E-state index contributed by atoms with van der Waals surface area (Å²) in [7, 11) is 8.97. The summed E-state index contributed by atoms with van der Waals surface area (Å²) in [6.07, 6.45) is 23.9. The van der Waals surface area contributed by atoms with Gasteiger partial charge in [0, 0.05) is 13.1 Å². The highest BCUT2D eigenvalue weighted by Gasteiger charge is 2.49. The van der Waals surface area contributed by atoms with Crippen molar-refractivity contribution in [2.24, 2.45) is 45.3 Å². The summed E-state index contributed by atoms with van der Waals surface area (Å²) in [6, 6.07) is 0. The van der Waals surface area contributed by atoms with Crippen LogP contribution in [-0.4, -0.2) is 100 Å². The first kappa shape index (κ1) is 35.2. The summed E-state index contributed by atoms with van der Waals surface area (Å²) in [5, 5.41) is 0. The SMILES string of the molecule is CC1CC2(C1)CN(C)C2.CC1CC2(CCN(C)CC2)C1.CC1CC2(CCN(C)CC2)C1.CC1CCC2(CC1)CCN(C)CC2. The summed E-state index contributed by atoms with van der Waals surface area (Å²) in [5.41, 5.74) is 3.21. The van der Waals surface area contributed by atoms with Crippen molar-refractivity contribution in [2.45, 2.75) is 130 Å². The second-order valence-electron chi connectivity index (χ2n) is 19.3. The number of nitrogens with zero attached hydrogens (tertiary/aromatic N) is 4. The Morgan fingerprint density at radius 1 is 0.341 bits per heavy atom. The average Bonchev–Trinajstić information content (AvgIpc) is 2.93. The molecule has 4 heterocycles. The molecule has 4 aliphatic carbocycles. The van der Waals surface area contributed by atoms with Gasteiger partial charge in [0.2, 0.25) is 0 Å². The fourth-order valence-corrected chi connectivity index (χ4v) is 11.6. The Morgan fingerprint density at radius 2 is 0.636 bits per heavy atom. The lowest BCUT2D eigenvalue weighted by molar-refractivity contribution is -0.0758. The lowest BCUT2D eigenvalue weighted by Crippen LogP contribution is -2.60. The van der Waals surface area contributed by atoms with Crippen LogP contribution >= 0.6 is 0 Å². The Labute approximate surface area is 275 Å². The number of rotatable bonds is 0.